The van der Waals surface area contributed by atoms with Crippen LogP contribution in [0.2, 0.25) is 0 Å². The van der Waals surface area contributed by atoms with Gasteiger partial charge >= 0.3 is 5.97 Å². The summed E-state index contributed by atoms with van der Waals surface area (Å²) in [7, 11) is 0. The van der Waals surface area contributed by atoms with Gasteiger partial charge < -0.3 is 15.2 Å². The van der Waals surface area contributed by atoms with Gasteiger partial charge in [-0.05, 0) is 24.3 Å². The van der Waals surface area contributed by atoms with Crippen LogP contribution in [0.15, 0.2) is 54.7 Å². The topological polar surface area (TPSA) is 84.3 Å². The van der Waals surface area contributed by atoms with Crippen molar-refractivity contribution < 1.29 is 23.4 Å². The lowest BCUT2D eigenvalue weighted by Gasteiger charge is -2.05. The molecule has 9 heteroatoms. The Morgan fingerprint density at radius 1 is 1.14 bits per heavy atom. The van der Waals surface area contributed by atoms with Crippen LogP contribution < -0.4 is 10.1 Å². The number of aromatic carboxylic acids is 1. The highest BCUT2D eigenvalue weighted by Crippen LogP contribution is 2.31. The van der Waals surface area contributed by atoms with Crippen LogP contribution in [0, 0.1) is 11.6 Å². The van der Waals surface area contributed by atoms with Crippen LogP contribution in [0.1, 0.15) is 16.1 Å². The first kappa shape index (κ1) is 18.8. The van der Waals surface area contributed by atoms with E-state index in [0.29, 0.717) is 22.1 Å². The van der Waals surface area contributed by atoms with E-state index < -0.39 is 17.6 Å². The number of pyridine rings is 1. The number of aromatic nitrogens is 2. The van der Waals surface area contributed by atoms with Gasteiger partial charge in [-0.1, -0.05) is 23.5 Å². The van der Waals surface area contributed by atoms with Crippen molar-refractivity contribution in [2.24, 2.45) is 0 Å². The molecule has 2 heterocycles. The molecule has 0 atom stereocenters. The summed E-state index contributed by atoms with van der Waals surface area (Å²) in [4.78, 5) is 19.2. The van der Waals surface area contributed by atoms with E-state index in [1.54, 1.807) is 24.3 Å². The summed E-state index contributed by atoms with van der Waals surface area (Å²) in [5.74, 6) is -2.06. The Morgan fingerprint density at radius 3 is 2.79 bits per heavy atom. The Balaban J connectivity index is 1.51. The predicted octanol–water partition coefficient (Wildman–Crippen LogP) is 5.07. The third kappa shape index (κ3) is 4.14. The van der Waals surface area contributed by atoms with Crippen molar-refractivity contribution in [2.45, 2.75) is 6.54 Å². The number of nitrogens with zero attached hydrogens (tertiary/aromatic N) is 2. The van der Waals surface area contributed by atoms with Crippen LogP contribution >= 0.6 is 11.3 Å². The number of anilines is 1. The molecule has 29 heavy (non-hydrogen) atoms. The average Bonchev–Trinajstić information content (AvgIpc) is 3.11. The summed E-state index contributed by atoms with van der Waals surface area (Å²) in [5.41, 5.74) is 0.808. The molecule has 0 aliphatic heterocycles. The Bertz CT molecular complexity index is 1210. The lowest BCUT2D eigenvalue weighted by Crippen LogP contribution is -2.02. The summed E-state index contributed by atoms with van der Waals surface area (Å²) in [6, 6.07) is 12.1. The fourth-order valence-electron chi connectivity index (χ4n) is 2.63. The first-order chi connectivity index (χ1) is 14.0. The van der Waals surface area contributed by atoms with E-state index >= 15 is 0 Å². The number of carbonyl (C=O) groups is 1. The normalized spacial score (nSPS) is 10.8. The molecular weight excluding hydrogens is 400 g/mol. The zero-order chi connectivity index (χ0) is 20.4. The van der Waals surface area contributed by atoms with E-state index in [1.807, 2.05) is 0 Å². The summed E-state index contributed by atoms with van der Waals surface area (Å²) in [5, 5.41) is 12.6. The summed E-state index contributed by atoms with van der Waals surface area (Å²) >= 11 is 1.33. The van der Waals surface area contributed by atoms with Crippen LogP contribution in [0.4, 0.5) is 13.9 Å². The van der Waals surface area contributed by atoms with Crippen LogP contribution in [0.25, 0.3) is 10.2 Å². The van der Waals surface area contributed by atoms with Gasteiger partial charge in [0.05, 0.1) is 10.2 Å². The Hall–Kier alpha value is -3.59. The molecule has 0 radical (unpaired) electrons. The number of hydrogen-bond acceptors (Lipinski definition) is 6. The van der Waals surface area contributed by atoms with Gasteiger partial charge in [-0.2, -0.15) is 0 Å². The number of nitrogens with one attached hydrogen (secondary N) is 1. The minimum absolute atomic E-state index is 0.0990. The van der Waals surface area contributed by atoms with Gasteiger partial charge in [0.15, 0.2) is 22.5 Å². The maximum Gasteiger partial charge on any atom is 0.354 e. The predicted molar refractivity (Wildman–Crippen MR) is 105 cm³/mol. The fourth-order valence-corrected chi connectivity index (χ4v) is 3.52. The van der Waals surface area contributed by atoms with Crippen LogP contribution in [0.5, 0.6) is 11.5 Å². The highest BCUT2D eigenvalue weighted by Gasteiger charge is 2.11. The second-order valence-corrected chi connectivity index (χ2v) is 7.03. The van der Waals surface area contributed by atoms with Gasteiger partial charge in [-0.15, -0.1) is 0 Å². The molecule has 0 spiro atoms. The molecule has 0 unspecified atom stereocenters. The lowest BCUT2D eigenvalue weighted by molar-refractivity contribution is 0.0690. The summed E-state index contributed by atoms with van der Waals surface area (Å²) < 4.78 is 33.6. The van der Waals surface area contributed by atoms with Crippen molar-refractivity contribution in [3.05, 3.63) is 77.6 Å². The molecule has 2 aromatic carbocycles. The monoisotopic (exact) mass is 413 g/mol. The number of fused-ring (bicyclic) bond motifs is 1. The van der Waals surface area contributed by atoms with Crippen LogP contribution in [0.3, 0.4) is 0 Å². The van der Waals surface area contributed by atoms with E-state index in [1.165, 1.54) is 35.7 Å². The van der Waals surface area contributed by atoms with Crippen molar-refractivity contribution in [3.63, 3.8) is 0 Å². The van der Waals surface area contributed by atoms with E-state index in [0.717, 1.165) is 10.8 Å². The third-order valence-electron chi connectivity index (χ3n) is 4.01. The molecule has 0 fully saturated rings. The second-order valence-electron chi connectivity index (χ2n) is 6.00. The van der Waals surface area contributed by atoms with E-state index in [9.17, 15) is 13.6 Å². The second kappa shape index (κ2) is 7.80. The minimum atomic E-state index is -1.14. The third-order valence-corrected chi connectivity index (χ3v) is 4.98. The average molecular weight is 413 g/mol. The van der Waals surface area contributed by atoms with Crippen molar-refractivity contribution in [2.75, 3.05) is 5.32 Å². The van der Waals surface area contributed by atoms with Gasteiger partial charge in [-0.25, -0.2) is 23.5 Å². The smallest absolute Gasteiger partial charge is 0.354 e. The number of thiazole rings is 1. The van der Waals surface area contributed by atoms with Crippen LogP contribution in [-0.2, 0) is 6.54 Å². The molecule has 0 amide bonds. The summed E-state index contributed by atoms with van der Waals surface area (Å²) in [6.07, 6.45) is 1.36. The quantitative estimate of drug-likeness (QED) is 0.459. The number of benzene rings is 2. The first-order valence-electron chi connectivity index (χ1n) is 8.44. The molecule has 0 saturated heterocycles. The molecule has 0 saturated carbocycles. The largest absolute Gasteiger partial charge is 0.477 e. The number of hydrogen-bond donors (Lipinski definition) is 2. The number of carboxylic acid groups (broad SMARTS) is 1. The SMILES string of the molecule is O=C(O)c1cc(Oc2ccc3nc(NCc4cccc(F)c4F)sc3c2)ccn1. The Morgan fingerprint density at radius 2 is 1.97 bits per heavy atom. The zero-order valence-electron chi connectivity index (χ0n) is 14.7. The molecule has 0 bridgehead atoms. The Labute approximate surface area is 167 Å². The van der Waals surface area contributed by atoms with E-state index in [2.05, 4.69) is 15.3 Å². The molecule has 0 aliphatic carbocycles. The van der Waals surface area contributed by atoms with E-state index in [4.69, 9.17) is 9.84 Å². The van der Waals surface area contributed by atoms with Gasteiger partial charge in [0.2, 0.25) is 0 Å². The summed E-state index contributed by atoms with van der Waals surface area (Å²) in [6.45, 7) is 0.0990. The molecule has 4 rings (SSSR count). The number of ether oxygens (including phenoxy) is 1. The van der Waals surface area contributed by atoms with Crippen molar-refractivity contribution in [1.29, 1.82) is 0 Å². The fraction of sp³-hybridized carbons (Fsp3) is 0.0500. The standard InChI is InChI=1S/C20H13F2N3O3S/c21-14-3-1-2-11(18(14)22)10-24-20-25-15-5-4-12(9-17(15)29-20)28-13-6-7-23-16(8-13)19(26)27/h1-9H,10H2,(H,24,25)(H,26,27). The highest BCUT2D eigenvalue weighted by molar-refractivity contribution is 7.22. The molecule has 0 aliphatic rings. The van der Waals surface area contributed by atoms with Crippen molar-refractivity contribution in [3.8, 4) is 11.5 Å². The number of halogens is 2. The van der Waals surface area contributed by atoms with Gasteiger partial charge in [0.1, 0.15) is 11.5 Å². The first-order valence-corrected chi connectivity index (χ1v) is 9.26. The maximum absolute atomic E-state index is 13.8. The molecule has 146 valence electrons. The highest BCUT2D eigenvalue weighted by atomic mass is 32.1. The van der Waals surface area contributed by atoms with Crippen LogP contribution in [-0.4, -0.2) is 21.0 Å². The van der Waals surface area contributed by atoms with Crippen molar-refractivity contribution >= 4 is 32.7 Å². The molecule has 4 aromatic rings. The van der Waals surface area contributed by atoms with Gasteiger partial charge in [0, 0.05) is 30.4 Å². The number of carboxylic acids is 1. The molecule has 2 aromatic heterocycles. The Kier molecular flexibility index (Phi) is 5.05. The molecule has 6 nitrogen and oxygen atoms in total. The maximum atomic E-state index is 13.8. The van der Waals surface area contributed by atoms with Gasteiger partial charge in [0.25, 0.3) is 0 Å². The lowest BCUT2D eigenvalue weighted by atomic mass is 10.2. The van der Waals surface area contributed by atoms with E-state index in [-0.39, 0.29) is 17.8 Å². The zero-order valence-corrected chi connectivity index (χ0v) is 15.5. The number of rotatable bonds is 6. The van der Waals surface area contributed by atoms with Crippen molar-refractivity contribution in [1.82, 2.24) is 9.97 Å². The van der Waals surface area contributed by atoms with Gasteiger partial charge in [-0.3, -0.25) is 0 Å². The minimum Gasteiger partial charge on any atom is -0.477 e. The molecule has 2 N–H and O–H groups in total. The molecular formula is C20H13F2N3O3S.